The zero-order valence-electron chi connectivity index (χ0n) is 22.0. The molecule has 1 aliphatic carbocycles. The quantitative estimate of drug-likeness (QED) is 0.182. The van der Waals surface area contributed by atoms with Crippen LogP contribution in [0.3, 0.4) is 0 Å². The number of allylic oxidation sites excluding steroid dienone is 2. The van der Waals surface area contributed by atoms with E-state index in [-0.39, 0.29) is 19.4 Å². The lowest BCUT2D eigenvalue weighted by Crippen LogP contribution is -2.73. The Morgan fingerprint density at radius 3 is 2.18 bits per heavy atom. The molecular weight excluding hydrogens is 530 g/mol. The minimum atomic E-state index is -2.34. The largest absolute Gasteiger partial charge is 0.478 e. The fourth-order valence-electron chi connectivity index (χ4n) is 5.42. The minimum absolute atomic E-state index is 0.00817. The van der Waals surface area contributed by atoms with Gasteiger partial charge in [0, 0.05) is 13.0 Å². The first-order valence-corrected chi connectivity index (χ1v) is 13.2. The highest BCUT2D eigenvalue weighted by Crippen LogP contribution is 2.44. The molecule has 0 radical (unpaired) electrons. The van der Waals surface area contributed by atoms with Crippen molar-refractivity contribution in [3.63, 3.8) is 0 Å². The molecule has 2 heterocycles. The van der Waals surface area contributed by atoms with Gasteiger partial charge in [0.2, 0.25) is 17.5 Å². The van der Waals surface area contributed by atoms with Gasteiger partial charge in [0.25, 0.3) is 0 Å². The summed E-state index contributed by atoms with van der Waals surface area (Å²) in [6.07, 6.45) is 2.76. The van der Waals surface area contributed by atoms with Gasteiger partial charge in [-0.25, -0.2) is 19.6 Å². The highest BCUT2D eigenvalue weighted by Gasteiger charge is 2.64. The van der Waals surface area contributed by atoms with Crippen molar-refractivity contribution in [3.05, 3.63) is 48.0 Å². The molecule has 12 heteroatoms. The molecule has 2 aliphatic heterocycles. The van der Waals surface area contributed by atoms with E-state index in [9.17, 15) is 29.1 Å². The van der Waals surface area contributed by atoms with E-state index in [2.05, 4.69) is 0 Å². The van der Waals surface area contributed by atoms with Gasteiger partial charge < -0.3 is 9.84 Å². The van der Waals surface area contributed by atoms with Gasteiger partial charge in [0.1, 0.15) is 12.2 Å². The van der Waals surface area contributed by atoms with Crippen molar-refractivity contribution in [2.75, 3.05) is 6.54 Å². The number of halogens is 1. The third-order valence-electron chi connectivity index (χ3n) is 7.22. The summed E-state index contributed by atoms with van der Waals surface area (Å²) >= 11 is 5.85. The standard InChI is InChI=1S/C27H32ClN3O8/c1-26(2,3)39-25(37)29-15-18(31(24(28)36)38-16-17-9-5-4-6-10-17)13-14-27(29,23(34)35)30-21(32)19-11-7-8-12-20(19)22(30)33/h4-10,18-20H,11-16H2,1-3H3,(H,34,35)/t18-,19?,20?,27-/m1/s1. The molecule has 3 aliphatic rings. The number of piperidine rings is 1. The molecule has 2 saturated heterocycles. The van der Waals surface area contributed by atoms with Gasteiger partial charge in [-0.2, -0.15) is 0 Å². The molecule has 0 aromatic heterocycles. The molecule has 0 bridgehead atoms. The van der Waals surface area contributed by atoms with Gasteiger partial charge >= 0.3 is 17.4 Å². The van der Waals surface area contributed by atoms with Crippen molar-refractivity contribution in [3.8, 4) is 0 Å². The lowest BCUT2D eigenvalue weighted by molar-refractivity contribution is -0.196. The number of hydrogen-bond donors (Lipinski definition) is 1. The van der Waals surface area contributed by atoms with Crippen molar-refractivity contribution >= 4 is 40.8 Å². The summed E-state index contributed by atoms with van der Waals surface area (Å²) < 4.78 is 5.53. The third kappa shape index (κ3) is 5.51. The SMILES string of the molecule is CC(C)(C)OC(=O)N1C[C@H](N(OCc2ccccc2)C(=O)Cl)CC[C@]1(C(=O)O)N1C(=O)C2CC=CCC2C1=O. The normalized spacial score (nSPS) is 26.8. The number of carbonyl (C=O) groups excluding carboxylic acids is 4. The fourth-order valence-corrected chi connectivity index (χ4v) is 5.61. The van der Waals surface area contributed by atoms with E-state index in [0.29, 0.717) is 12.8 Å². The maximum Gasteiger partial charge on any atom is 0.412 e. The monoisotopic (exact) mass is 561 g/mol. The van der Waals surface area contributed by atoms with E-state index >= 15 is 0 Å². The summed E-state index contributed by atoms with van der Waals surface area (Å²) in [5.41, 5.74) is -2.61. The second-order valence-corrected chi connectivity index (χ2v) is 11.2. The number of likely N-dealkylation sites (tertiary alicyclic amines) is 2. The Labute approximate surface area is 231 Å². The summed E-state index contributed by atoms with van der Waals surface area (Å²) in [5.74, 6) is -4.24. The van der Waals surface area contributed by atoms with Gasteiger partial charge in [-0.05, 0) is 57.2 Å². The Hall–Kier alpha value is -3.44. The van der Waals surface area contributed by atoms with E-state index in [1.807, 2.05) is 6.07 Å². The molecular formula is C27H32ClN3O8. The summed E-state index contributed by atoms with van der Waals surface area (Å²) in [4.78, 5) is 73.3. The molecule has 0 saturated carbocycles. The van der Waals surface area contributed by atoms with Crippen molar-refractivity contribution in [2.24, 2.45) is 11.8 Å². The van der Waals surface area contributed by atoms with Gasteiger partial charge in [0.15, 0.2) is 0 Å². The van der Waals surface area contributed by atoms with Gasteiger partial charge in [0.05, 0.1) is 17.9 Å². The van der Waals surface area contributed by atoms with Crippen LogP contribution >= 0.6 is 11.6 Å². The van der Waals surface area contributed by atoms with Crippen LogP contribution < -0.4 is 0 Å². The maximum absolute atomic E-state index is 13.5. The van der Waals surface area contributed by atoms with Crippen LogP contribution in [-0.2, 0) is 30.6 Å². The second kappa shape index (κ2) is 11.0. The van der Waals surface area contributed by atoms with Crippen LogP contribution in [0.4, 0.5) is 9.59 Å². The Bertz CT molecular complexity index is 1160. The van der Waals surface area contributed by atoms with Crippen molar-refractivity contribution in [2.45, 2.75) is 70.4 Å². The first-order valence-electron chi connectivity index (χ1n) is 12.8. The number of rotatable bonds is 6. The number of fused-ring (bicyclic) bond motifs is 1. The number of nitrogens with zero attached hydrogens (tertiary/aromatic N) is 3. The molecule has 39 heavy (non-hydrogen) atoms. The van der Waals surface area contributed by atoms with Crippen LogP contribution in [0.5, 0.6) is 0 Å². The average molecular weight is 562 g/mol. The Morgan fingerprint density at radius 2 is 1.67 bits per heavy atom. The summed E-state index contributed by atoms with van der Waals surface area (Å²) in [6.45, 7) is 4.42. The van der Waals surface area contributed by atoms with Crippen LogP contribution in [0.25, 0.3) is 0 Å². The van der Waals surface area contributed by atoms with Gasteiger partial charge in [-0.15, -0.1) is 0 Å². The topological polar surface area (TPSA) is 134 Å². The van der Waals surface area contributed by atoms with Crippen LogP contribution in [0.2, 0.25) is 0 Å². The third-order valence-corrected chi connectivity index (χ3v) is 7.38. The smallest absolute Gasteiger partial charge is 0.412 e. The predicted octanol–water partition coefficient (Wildman–Crippen LogP) is 3.91. The molecule has 1 aromatic rings. The highest BCUT2D eigenvalue weighted by atomic mass is 35.5. The van der Waals surface area contributed by atoms with Crippen LogP contribution in [-0.4, -0.2) is 73.1 Å². The van der Waals surface area contributed by atoms with Gasteiger partial charge in [-0.3, -0.25) is 24.1 Å². The molecule has 4 atom stereocenters. The lowest BCUT2D eigenvalue weighted by Gasteiger charge is -2.50. The molecule has 0 spiro atoms. The highest BCUT2D eigenvalue weighted by molar-refractivity contribution is 6.62. The van der Waals surface area contributed by atoms with Crippen LogP contribution in [0.15, 0.2) is 42.5 Å². The number of amides is 4. The Kier molecular flexibility index (Phi) is 8.04. The van der Waals surface area contributed by atoms with E-state index in [0.717, 1.165) is 20.4 Å². The van der Waals surface area contributed by atoms with Crippen LogP contribution in [0, 0.1) is 11.8 Å². The number of ether oxygens (including phenoxy) is 1. The minimum Gasteiger partial charge on any atom is -0.478 e. The van der Waals surface area contributed by atoms with E-state index in [4.69, 9.17) is 21.2 Å². The number of carboxylic acid groups (broad SMARTS) is 1. The van der Waals surface area contributed by atoms with Crippen molar-refractivity contribution < 1.29 is 38.7 Å². The van der Waals surface area contributed by atoms with Gasteiger partial charge in [-0.1, -0.05) is 42.5 Å². The van der Waals surface area contributed by atoms with E-state index in [1.54, 1.807) is 57.2 Å². The number of imide groups is 1. The molecule has 2 unspecified atom stereocenters. The number of carbonyl (C=O) groups is 5. The first kappa shape index (κ1) is 28.6. The number of aliphatic carboxylic acids is 1. The second-order valence-electron chi connectivity index (χ2n) is 10.9. The van der Waals surface area contributed by atoms with E-state index in [1.165, 1.54) is 0 Å². The van der Waals surface area contributed by atoms with E-state index < -0.39 is 64.9 Å². The molecule has 4 amide bonds. The van der Waals surface area contributed by atoms with Crippen molar-refractivity contribution in [1.82, 2.24) is 14.9 Å². The molecule has 11 nitrogen and oxygen atoms in total. The Morgan fingerprint density at radius 1 is 1.08 bits per heavy atom. The Balaban J connectivity index is 1.70. The molecule has 4 rings (SSSR count). The first-order chi connectivity index (χ1) is 18.4. The van der Waals surface area contributed by atoms with Crippen molar-refractivity contribution in [1.29, 1.82) is 0 Å². The number of hydrogen-bond acceptors (Lipinski definition) is 7. The number of carboxylic acids is 1. The number of benzene rings is 1. The molecule has 210 valence electrons. The number of hydroxylamine groups is 2. The summed E-state index contributed by atoms with van der Waals surface area (Å²) in [7, 11) is 0. The maximum atomic E-state index is 13.5. The molecule has 1 N–H and O–H groups in total. The lowest BCUT2D eigenvalue weighted by atomic mass is 9.85. The zero-order chi connectivity index (χ0) is 28.5. The zero-order valence-corrected chi connectivity index (χ0v) is 22.8. The predicted molar refractivity (Wildman–Crippen MR) is 138 cm³/mol. The molecule has 1 aromatic carbocycles. The van der Waals surface area contributed by atoms with Crippen LogP contribution in [0.1, 0.15) is 52.0 Å². The fraction of sp³-hybridized carbons (Fsp3) is 0.519. The summed E-state index contributed by atoms with van der Waals surface area (Å²) in [6, 6.07) is 8.13. The molecule has 2 fully saturated rings. The average Bonchev–Trinajstić information content (AvgIpc) is 3.13. The summed E-state index contributed by atoms with van der Waals surface area (Å²) in [5, 5.41) is 10.5.